The van der Waals surface area contributed by atoms with Crippen LogP contribution in [0.4, 0.5) is 4.79 Å². The van der Waals surface area contributed by atoms with Crippen molar-refractivity contribution < 1.29 is 14.3 Å². The standard InChI is InChI=1S/C12H13NO3.C3H6/c14-12(15)13-7-2-4-9-3-1-5-11-10(9)6-8-16-11;1-2-3-1/h1,3,5-6,8,13H,2,4,7H2,(H,14,15);1-3H2. The number of nitrogens with one attached hydrogen (secondary N) is 1. The van der Waals surface area contributed by atoms with E-state index in [1.54, 1.807) is 6.26 Å². The Morgan fingerprint density at radius 1 is 1.26 bits per heavy atom. The third-order valence-electron chi connectivity index (χ3n) is 2.84. The van der Waals surface area contributed by atoms with E-state index in [1.807, 2.05) is 24.3 Å². The molecule has 1 aliphatic rings. The number of hydrogen-bond donors (Lipinski definition) is 2. The quantitative estimate of drug-likeness (QED) is 0.823. The number of amides is 1. The molecule has 1 aliphatic carbocycles. The fraction of sp³-hybridized carbons (Fsp3) is 0.400. The van der Waals surface area contributed by atoms with Gasteiger partial charge < -0.3 is 14.8 Å². The second kappa shape index (κ2) is 6.83. The van der Waals surface area contributed by atoms with Crippen molar-refractivity contribution in [1.29, 1.82) is 0 Å². The lowest BCUT2D eigenvalue weighted by atomic mass is 10.1. The molecule has 1 aromatic carbocycles. The predicted octanol–water partition coefficient (Wildman–Crippen LogP) is 3.80. The van der Waals surface area contributed by atoms with E-state index in [4.69, 9.17) is 9.52 Å². The topological polar surface area (TPSA) is 62.5 Å². The molecular weight excluding hydrogens is 242 g/mol. The van der Waals surface area contributed by atoms with Crippen LogP contribution in [0.15, 0.2) is 34.9 Å². The summed E-state index contributed by atoms with van der Waals surface area (Å²) in [4.78, 5) is 10.3. The van der Waals surface area contributed by atoms with Gasteiger partial charge in [0.25, 0.3) is 0 Å². The molecule has 0 atom stereocenters. The maximum absolute atomic E-state index is 10.3. The van der Waals surface area contributed by atoms with Crippen molar-refractivity contribution in [2.45, 2.75) is 32.1 Å². The van der Waals surface area contributed by atoms with Crippen LogP contribution in [-0.4, -0.2) is 17.7 Å². The molecule has 4 nitrogen and oxygen atoms in total. The number of aryl methyl sites for hydroxylation is 1. The van der Waals surface area contributed by atoms with Crippen LogP contribution in [0.25, 0.3) is 11.0 Å². The molecule has 1 amide bonds. The van der Waals surface area contributed by atoms with Gasteiger partial charge in [-0.25, -0.2) is 4.79 Å². The van der Waals surface area contributed by atoms with Crippen molar-refractivity contribution in [3.05, 3.63) is 36.1 Å². The lowest BCUT2D eigenvalue weighted by molar-refractivity contribution is 0.194. The molecule has 1 heterocycles. The van der Waals surface area contributed by atoms with Crippen LogP contribution in [0.5, 0.6) is 0 Å². The number of fused-ring (bicyclic) bond motifs is 1. The Bertz CT molecular complexity index is 528. The summed E-state index contributed by atoms with van der Waals surface area (Å²) in [5.74, 6) is 0. The van der Waals surface area contributed by atoms with Gasteiger partial charge in [-0.05, 0) is 30.5 Å². The number of furan rings is 1. The largest absolute Gasteiger partial charge is 0.465 e. The van der Waals surface area contributed by atoms with Gasteiger partial charge in [-0.15, -0.1) is 0 Å². The summed E-state index contributed by atoms with van der Waals surface area (Å²) in [7, 11) is 0. The SMILES string of the molecule is C1CC1.O=C(O)NCCCc1cccc2occc12. The molecule has 0 aliphatic heterocycles. The predicted molar refractivity (Wildman–Crippen MR) is 74.4 cm³/mol. The Hall–Kier alpha value is -1.97. The zero-order chi connectivity index (χ0) is 13.5. The minimum absolute atomic E-state index is 0.476. The van der Waals surface area contributed by atoms with Crippen LogP contribution < -0.4 is 5.32 Å². The first-order valence-electron chi connectivity index (χ1n) is 6.69. The molecule has 0 saturated heterocycles. The van der Waals surface area contributed by atoms with E-state index < -0.39 is 6.09 Å². The smallest absolute Gasteiger partial charge is 0.404 e. The average molecular weight is 261 g/mol. The third-order valence-corrected chi connectivity index (χ3v) is 2.84. The number of carboxylic acid groups (broad SMARTS) is 1. The molecule has 0 unspecified atom stereocenters. The van der Waals surface area contributed by atoms with Gasteiger partial charge in [-0.2, -0.15) is 0 Å². The highest BCUT2D eigenvalue weighted by atomic mass is 16.4. The first-order valence-corrected chi connectivity index (χ1v) is 6.69. The minimum Gasteiger partial charge on any atom is -0.465 e. The molecule has 0 bridgehead atoms. The highest BCUT2D eigenvalue weighted by molar-refractivity contribution is 5.80. The van der Waals surface area contributed by atoms with Crippen LogP contribution in [0.3, 0.4) is 0 Å². The number of rotatable bonds is 4. The van der Waals surface area contributed by atoms with Crippen molar-refractivity contribution in [2.75, 3.05) is 6.54 Å². The second-order valence-electron chi connectivity index (χ2n) is 4.65. The van der Waals surface area contributed by atoms with Crippen molar-refractivity contribution in [3.8, 4) is 0 Å². The Kier molecular flexibility index (Phi) is 4.84. The average Bonchev–Trinajstić information content (AvgIpc) is 3.20. The van der Waals surface area contributed by atoms with Crippen LogP contribution >= 0.6 is 0 Å². The molecule has 0 spiro atoms. The molecule has 102 valence electrons. The third kappa shape index (κ3) is 4.66. The van der Waals surface area contributed by atoms with E-state index in [-0.39, 0.29) is 0 Å². The van der Waals surface area contributed by atoms with Crippen molar-refractivity contribution in [2.24, 2.45) is 0 Å². The molecule has 3 rings (SSSR count). The number of carbonyl (C=O) groups is 1. The van der Waals surface area contributed by atoms with Crippen LogP contribution in [0, 0.1) is 0 Å². The van der Waals surface area contributed by atoms with Gasteiger partial charge in [-0.3, -0.25) is 0 Å². The van der Waals surface area contributed by atoms with Gasteiger partial charge in [0.15, 0.2) is 0 Å². The van der Waals surface area contributed by atoms with Crippen LogP contribution in [0.1, 0.15) is 31.2 Å². The van der Waals surface area contributed by atoms with Gasteiger partial charge in [0.2, 0.25) is 0 Å². The van der Waals surface area contributed by atoms with Gasteiger partial charge in [0.1, 0.15) is 5.58 Å². The second-order valence-corrected chi connectivity index (χ2v) is 4.65. The molecule has 19 heavy (non-hydrogen) atoms. The molecular formula is C15H19NO3. The Morgan fingerprint density at radius 3 is 2.74 bits per heavy atom. The van der Waals surface area contributed by atoms with Gasteiger partial charge >= 0.3 is 6.09 Å². The number of hydrogen-bond acceptors (Lipinski definition) is 2. The summed E-state index contributed by atoms with van der Waals surface area (Å²) in [5.41, 5.74) is 2.07. The first kappa shape index (κ1) is 13.5. The molecule has 0 radical (unpaired) electrons. The highest BCUT2D eigenvalue weighted by Gasteiger charge is 2.03. The van der Waals surface area contributed by atoms with E-state index in [1.165, 1.54) is 24.8 Å². The van der Waals surface area contributed by atoms with Gasteiger partial charge in [0.05, 0.1) is 6.26 Å². The molecule has 2 aromatic rings. The molecule has 4 heteroatoms. The Labute approximate surface area is 112 Å². The maximum Gasteiger partial charge on any atom is 0.404 e. The highest BCUT2D eigenvalue weighted by Crippen LogP contribution is 2.20. The molecule has 1 fully saturated rings. The van der Waals surface area contributed by atoms with E-state index in [9.17, 15) is 4.79 Å². The minimum atomic E-state index is -0.971. The van der Waals surface area contributed by atoms with Crippen molar-refractivity contribution in [1.82, 2.24) is 5.32 Å². The zero-order valence-corrected chi connectivity index (χ0v) is 10.9. The Balaban J connectivity index is 0.000000390. The Morgan fingerprint density at radius 2 is 2.05 bits per heavy atom. The lowest BCUT2D eigenvalue weighted by Crippen LogP contribution is -2.22. The fourth-order valence-electron chi connectivity index (χ4n) is 1.75. The maximum atomic E-state index is 10.3. The monoisotopic (exact) mass is 261 g/mol. The zero-order valence-electron chi connectivity index (χ0n) is 10.9. The van der Waals surface area contributed by atoms with E-state index >= 15 is 0 Å². The summed E-state index contributed by atoms with van der Waals surface area (Å²) >= 11 is 0. The normalized spacial score (nSPS) is 12.6. The summed E-state index contributed by atoms with van der Waals surface area (Å²) in [5, 5.41) is 11.9. The first-order chi connectivity index (χ1) is 9.27. The van der Waals surface area contributed by atoms with Gasteiger partial charge in [0, 0.05) is 11.9 Å². The summed E-state index contributed by atoms with van der Waals surface area (Å²) in [6, 6.07) is 7.86. The van der Waals surface area contributed by atoms with E-state index in [2.05, 4.69) is 5.32 Å². The molecule has 2 N–H and O–H groups in total. The summed E-state index contributed by atoms with van der Waals surface area (Å²) in [6.07, 6.45) is 6.83. The van der Waals surface area contributed by atoms with Gasteiger partial charge in [-0.1, -0.05) is 31.4 Å². The van der Waals surface area contributed by atoms with Crippen LogP contribution in [-0.2, 0) is 6.42 Å². The van der Waals surface area contributed by atoms with E-state index in [0.29, 0.717) is 6.54 Å². The lowest BCUT2D eigenvalue weighted by Gasteiger charge is -2.03. The molecule has 1 aromatic heterocycles. The van der Waals surface area contributed by atoms with Crippen molar-refractivity contribution >= 4 is 17.1 Å². The van der Waals surface area contributed by atoms with E-state index in [0.717, 1.165) is 23.8 Å². The van der Waals surface area contributed by atoms with Crippen molar-refractivity contribution in [3.63, 3.8) is 0 Å². The number of benzene rings is 1. The summed E-state index contributed by atoms with van der Waals surface area (Å²) in [6.45, 7) is 0.476. The molecule has 1 saturated carbocycles. The van der Waals surface area contributed by atoms with Crippen LogP contribution in [0.2, 0.25) is 0 Å². The summed E-state index contributed by atoms with van der Waals surface area (Å²) < 4.78 is 5.29. The fourth-order valence-corrected chi connectivity index (χ4v) is 1.75.